The van der Waals surface area contributed by atoms with Gasteiger partial charge >= 0.3 is 0 Å². The molecule has 0 unspecified atom stereocenters. The first-order valence-electron chi connectivity index (χ1n) is 6.69. The van der Waals surface area contributed by atoms with Crippen molar-refractivity contribution in [3.63, 3.8) is 0 Å². The van der Waals surface area contributed by atoms with E-state index in [2.05, 4.69) is 20.5 Å². The molecule has 7 heteroatoms. The fourth-order valence-corrected chi connectivity index (χ4v) is 2.66. The molecule has 0 spiro atoms. The quantitative estimate of drug-likeness (QED) is 0.730. The Labute approximate surface area is 141 Å². The summed E-state index contributed by atoms with van der Waals surface area (Å²) in [6.45, 7) is 0. The Balaban J connectivity index is 1.64. The fraction of sp³-hybridized carbons (Fsp3) is 0. The van der Waals surface area contributed by atoms with Crippen molar-refractivity contribution in [2.24, 2.45) is 0 Å². The number of anilines is 1. The molecule has 0 radical (unpaired) electrons. The Hall–Kier alpha value is -2.57. The SMILES string of the molecule is O=C(/C=C/c1ccc(Cl)cc1)Nc1nnc(-c2ccncc2)s1. The topological polar surface area (TPSA) is 67.8 Å². The van der Waals surface area contributed by atoms with E-state index in [0.717, 1.165) is 16.1 Å². The van der Waals surface area contributed by atoms with Crippen LogP contribution in [0.4, 0.5) is 5.13 Å². The Morgan fingerprint density at radius 2 is 1.83 bits per heavy atom. The van der Waals surface area contributed by atoms with Crippen LogP contribution < -0.4 is 5.32 Å². The van der Waals surface area contributed by atoms with Crippen LogP contribution in [0.1, 0.15) is 5.56 Å². The zero-order valence-corrected chi connectivity index (χ0v) is 13.4. The van der Waals surface area contributed by atoms with Gasteiger partial charge in [-0.25, -0.2) is 0 Å². The van der Waals surface area contributed by atoms with Gasteiger partial charge in [-0.2, -0.15) is 0 Å². The second-order valence-corrected chi connectivity index (χ2v) is 5.94. The molecule has 0 atom stereocenters. The molecule has 3 rings (SSSR count). The van der Waals surface area contributed by atoms with E-state index < -0.39 is 0 Å². The average Bonchev–Trinajstić information content (AvgIpc) is 3.04. The molecule has 0 fully saturated rings. The smallest absolute Gasteiger partial charge is 0.250 e. The Kier molecular flexibility index (Phi) is 4.75. The summed E-state index contributed by atoms with van der Waals surface area (Å²) in [5, 5.41) is 12.5. The van der Waals surface area contributed by atoms with E-state index in [4.69, 9.17) is 11.6 Å². The second-order valence-electron chi connectivity index (χ2n) is 4.52. The summed E-state index contributed by atoms with van der Waals surface area (Å²) >= 11 is 7.12. The summed E-state index contributed by atoms with van der Waals surface area (Å²) < 4.78 is 0. The number of carbonyl (C=O) groups is 1. The van der Waals surface area contributed by atoms with E-state index in [1.54, 1.807) is 30.6 Å². The number of halogens is 1. The predicted molar refractivity (Wildman–Crippen MR) is 92.3 cm³/mol. The van der Waals surface area contributed by atoms with Crippen LogP contribution in [0, 0.1) is 0 Å². The van der Waals surface area contributed by atoms with Gasteiger partial charge in [-0.05, 0) is 35.9 Å². The van der Waals surface area contributed by atoms with Crippen molar-refractivity contribution in [2.45, 2.75) is 0 Å². The monoisotopic (exact) mass is 342 g/mol. The Morgan fingerprint density at radius 1 is 1.09 bits per heavy atom. The summed E-state index contributed by atoms with van der Waals surface area (Å²) in [7, 11) is 0. The lowest BCUT2D eigenvalue weighted by molar-refractivity contribution is -0.111. The van der Waals surface area contributed by atoms with Crippen LogP contribution in [0.2, 0.25) is 5.02 Å². The van der Waals surface area contributed by atoms with Gasteiger partial charge in [0.2, 0.25) is 11.0 Å². The molecule has 0 bridgehead atoms. The summed E-state index contributed by atoms with van der Waals surface area (Å²) in [5.41, 5.74) is 1.80. The summed E-state index contributed by atoms with van der Waals surface area (Å²) in [6, 6.07) is 10.9. The van der Waals surface area contributed by atoms with Crippen LogP contribution in [0.25, 0.3) is 16.6 Å². The van der Waals surface area contributed by atoms with Gasteiger partial charge in [0.25, 0.3) is 0 Å². The maximum Gasteiger partial charge on any atom is 0.250 e. The molecule has 114 valence electrons. The van der Waals surface area contributed by atoms with Crippen LogP contribution in [-0.4, -0.2) is 21.1 Å². The first-order valence-corrected chi connectivity index (χ1v) is 7.89. The van der Waals surface area contributed by atoms with E-state index in [0.29, 0.717) is 10.2 Å². The van der Waals surface area contributed by atoms with Gasteiger partial charge in [-0.1, -0.05) is 35.1 Å². The summed E-state index contributed by atoms with van der Waals surface area (Å²) in [5.74, 6) is -0.266. The highest BCUT2D eigenvalue weighted by molar-refractivity contribution is 7.18. The number of nitrogens with zero attached hydrogens (tertiary/aromatic N) is 3. The maximum atomic E-state index is 11.9. The number of hydrogen-bond donors (Lipinski definition) is 1. The van der Waals surface area contributed by atoms with Gasteiger partial charge in [0.05, 0.1) is 0 Å². The zero-order chi connectivity index (χ0) is 16.1. The predicted octanol–water partition coefficient (Wildman–Crippen LogP) is 3.91. The van der Waals surface area contributed by atoms with E-state index >= 15 is 0 Å². The number of pyridine rings is 1. The highest BCUT2D eigenvalue weighted by Crippen LogP contribution is 2.25. The zero-order valence-electron chi connectivity index (χ0n) is 11.8. The van der Waals surface area contributed by atoms with Crippen molar-refractivity contribution in [1.82, 2.24) is 15.2 Å². The van der Waals surface area contributed by atoms with Gasteiger partial charge < -0.3 is 0 Å². The molecular weight excluding hydrogens is 332 g/mol. The van der Waals surface area contributed by atoms with E-state index in [9.17, 15) is 4.79 Å². The Morgan fingerprint density at radius 3 is 2.57 bits per heavy atom. The molecular formula is C16H11ClN4OS. The standard InChI is InChI=1S/C16H11ClN4OS/c17-13-4-1-11(2-5-13)3-6-14(22)19-16-21-20-15(23-16)12-7-9-18-10-8-12/h1-10H,(H,19,21,22)/b6-3+. The molecule has 0 saturated carbocycles. The lowest BCUT2D eigenvalue weighted by Crippen LogP contribution is -2.07. The molecule has 2 heterocycles. The van der Waals surface area contributed by atoms with Crippen molar-refractivity contribution in [3.05, 3.63) is 65.5 Å². The van der Waals surface area contributed by atoms with Gasteiger partial charge in [0.1, 0.15) is 5.01 Å². The first kappa shape index (κ1) is 15.3. The second kappa shape index (κ2) is 7.13. The van der Waals surface area contributed by atoms with Crippen molar-refractivity contribution >= 4 is 40.1 Å². The van der Waals surface area contributed by atoms with E-state index in [1.165, 1.54) is 17.4 Å². The normalized spacial score (nSPS) is 10.8. The largest absolute Gasteiger partial charge is 0.297 e. The molecule has 2 aromatic heterocycles. The molecule has 0 aliphatic carbocycles. The van der Waals surface area contributed by atoms with Gasteiger partial charge in [0.15, 0.2) is 0 Å². The van der Waals surface area contributed by atoms with Gasteiger partial charge in [-0.3, -0.25) is 15.1 Å². The Bertz CT molecular complexity index is 831. The lowest BCUT2D eigenvalue weighted by Gasteiger charge is -1.96. The summed E-state index contributed by atoms with van der Waals surface area (Å²) in [4.78, 5) is 15.9. The molecule has 3 aromatic rings. The molecule has 1 amide bonds. The molecule has 0 aliphatic heterocycles. The molecule has 5 nitrogen and oxygen atoms in total. The van der Waals surface area contributed by atoms with Crippen LogP contribution in [0.5, 0.6) is 0 Å². The number of benzene rings is 1. The number of nitrogens with one attached hydrogen (secondary N) is 1. The third-order valence-electron chi connectivity index (χ3n) is 2.88. The molecule has 0 saturated heterocycles. The van der Waals surface area contributed by atoms with Crippen molar-refractivity contribution in [3.8, 4) is 10.6 Å². The number of rotatable bonds is 4. The first-order chi connectivity index (χ1) is 11.2. The third kappa shape index (κ3) is 4.21. The molecule has 1 N–H and O–H groups in total. The third-order valence-corrected chi connectivity index (χ3v) is 4.02. The highest BCUT2D eigenvalue weighted by atomic mass is 35.5. The fourth-order valence-electron chi connectivity index (χ4n) is 1.78. The van der Waals surface area contributed by atoms with Gasteiger partial charge in [0, 0.05) is 29.1 Å². The van der Waals surface area contributed by atoms with E-state index in [1.807, 2.05) is 24.3 Å². The number of carbonyl (C=O) groups excluding carboxylic acids is 1. The molecule has 1 aromatic carbocycles. The lowest BCUT2D eigenvalue weighted by atomic mass is 10.2. The minimum atomic E-state index is -0.266. The number of amides is 1. The summed E-state index contributed by atoms with van der Waals surface area (Å²) in [6.07, 6.45) is 6.51. The highest BCUT2D eigenvalue weighted by Gasteiger charge is 2.07. The average molecular weight is 343 g/mol. The minimum absolute atomic E-state index is 0.266. The van der Waals surface area contributed by atoms with Crippen LogP contribution in [0.15, 0.2) is 54.9 Å². The number of hydrogen-bond acceptors (Lipinski definition) is 5. The van der Waals surface area contributed by atoms with E-state index in [-0.39, 0.29) is 5.91 Å². The van der Waals surface area contributed by atoms with Crippen molar-refractivity contribution in [2.75, 3.05) is 5.32 Å². The molecule has 0 aliphatic rings. The van der Waals surface area contributed by atoms with Crippen molar-refractivity contribution in [1.29, 1.82) is 0 Å². The number of aromatic nitrogens is 3. The molecule has 23 heavy (non-hydrogen) atoms. The van der Waals surface area contributed by atoms with Crippen LogP contribution in [-0.2, 0) is 4.79 Å². The maximum absolute atomic E-state index is 11.9. The van der Waals surface area contributed by atoms with Crippen LogP contribution >= 0.6 is 22.9 Å². The van der Waals surface area contributed by atoms with Crippen LogP contribution in [0.3, 0.4) is 0 Å². The van der Waals surface area contributed by atoms with Gasteiger partial charge in [-0.15, -0.1) is 10.2 Å². The van der Waals surface area contributed by atoms with Crippen molar-refractivity contribution < 1.29 is 4.79 Å². The minimum Gasteiger partial charge on any atom is -0.297 e.